The standard InChI is InChI=1S/C22H26FN5O4S2/c1-3-31-16-7-4-8-17(12-16)34(29,30)18-13-25-22(33-18)28-20-19(23)21(27-14(2)26-20)32-11-9-15-6-5-10-24-15/h4,7-8,12-13,15,24H,3,5-6,9-11H2,1-2H3,(H,25,26,27,28). The lowest BCUT2D eigenvalue weighted by Gasteiger charge is -2.12. The average molecular weight is 508 g/mol. The molecule has 12 heteroatoms. The summed E-state index contributed by atoms with van der Waals surface area (Å²) in [7, 11) is -3.82. The van der Waals surface area contributed by atoms with E-state index >= 15 is 0 Å². The first-order valence-corrected chi connectivity index (χ1v) is 13.3. The van der Waals surface area contributed by atoms with E-state index in [9.17, 15) is 12.8 Å². The number of hydrogen-bond donors (Lipinski definition) is 2. The van der Waals surface area contributed by atoms with Gasteiger partial charge in [0.1, 0.15) is 15.8 Å². The van der Waals surface area contributed by atoms with E-state index < -0.39 is 15.7 Å². The fraction of sp³-hybridized carbons (Fsp3) is 0.409. The Morgan fingerprint density at radius 1 is 1.29 bits per heavy atom. The van der Waals surface area contributed by atoms with E-state index in [0.717, 1.165) is 37.1 Å². The van der Waals surface area contributed by atoms with Gasteiger partial charge in [0.05, 0.1) is 24.3 Å². The van der Waals surface area contributed by atoms with E-state index in [0.29, 0.717) is 30.8 Å². The molecule has 4 rings (SSSR count). The molecule has 0 aliphatic carbocycles. The van der Waals surface area contributed by atoms with Crippen molar-refractivity contribution in [3.63, 3.8) is 0 Å². The number of thiazole rings is 1. The minimum absolute atomic E-state index is 0.00960. The second-order valence-electron chi connectivity index (χ2n) is 7.69. The summed E-state index contributed by atoms with van der Waals surface area (Å²) in [6, 6.07) is 6.62. The van der Waals surface area contributed by atoms with Crippen LogP contribution in [0.25, 0.3) is 0 Å². The normalized spacial score (nSPS) is 15.9. The molecule has 1 aliphatic heterocycles. The molecular formula is C22H26FN5O4S2. The Balaban J connectivity index is 1.49. The highest BCUT2D eigenvalue weighted by Crippen LogP contribution is 2.32. The highest BCUT2D eigenvalue weighted by Gasteiger charge is 2.23. The van der Waals surface area contributed by atoms with Crippen LogP contribution < -0.4 is 20.1 Å². The number of halogens is 1. The summed E-state index contributed by atoms with van der Waals surface area (Å²) < 4.78 is 52.0. The van der Waals surface area contributed by atoms with Gasteiger partial charge in [-0.05, 0) is 57.9 Å². The predicted molar refractivity (Wildman–Crippen MR) is 126 cm³/mol. The van der Waals surface area contributed by atoms with Crippen molar-refractivity contribution < 1.29 is 22.3 Å². The van der Waals surface area contributed by atoms with Crippen LogP contribution in [-0.4, -0.2) is 49.2 Å². The van der Waals surface area contributed by atoms with Gasteiger partial charge in [-0.2, -0.15) is 9.37 Å². The average Bonchev–Trinajstić information content (AvgIpc) is 3.50. The van der Waals surface area contributed by atoms with Gasteiger partial charge in [0, 0.05) is 6.04 Å². The zero-order valence-corrected chi connectivity index (χ0v) is 20.5. The smallest absolute Gasteiger partial charge is 0.256 e. The van der Waals surface area contributed by atoms with Crippen molar-refractivity contribution in [3.05, 3.63) is 42.1 Å². The van der Waals surface area contributed by atoms with E-state index in [1.165, 1.54) is 18.3 Å². The Labute approximate surface area is 201 Å². The minimum atomic E-state index is -3.82. The summed E-state index contributed by atoms with van der Waals surface area (Å²) in [6.45, 7) is 5.18. The highest BCUT2D eigenvalue weighted by molar-refractivity contribution is 7.93. The fourth-order valence-electron chi connectivity index (χ4n) is 3.57. The van der Waals surface area contributed by atoms with Crippen LogP contribution in [0.4, 0.5) is 15.3 Å². The quantitative estimate of drug-likeness (QED) is 0.422. The number of nitrogens with zero attached hydrogens (tertiary/aromatic N) is 3. The number of sulfone groups is 1. The lowest BCUT2D eigenvalue weighted by molar-refractivity contribution is 0.267. The Bertz CT molecular complexity index is 1250. The van der Waals surface area contributed by atoms with Crippen molar-refractivity contribution in [1.82, 2.24) is 20.3 Å². The largest absolute Gasteiger partial charge is 0.494 e. The van der Waals surface area contributed by atoms with Crippen molar-refractivity contribution in [3.8, 4) is 11.6 Å². The van der Waals surface area contributed by atoms with E-state index in [1.54, 1.807) is 19.1 Å². The van der Waals surface area contributed by atoms with Gasteiger partial charge in [0.2, 0.25) is 15.7 Å². The highest BCUT2D eigenvalue weighted by atomic mass is 32.2. The van der Waals surface area contributed by atoms with Crippen LogP contribution >= 0.6 is 11.3 Å². The van der Waals surface area contributed by atoms with Crippen LogP contribution in [0.3, 0.4) is 0 Å². The molecule has 1 fully saturated rings. The molecular weight excluding hydrogens is 481 g/mol. The van der Waals surface area contributed by atoms with Crippen molar-refractivity contribution in [1.29, 1.82) is 0 Å². The molecule has 3 heterocycles. The summed E-state index contributed by atoms with van der Waals surface area (Å²) in [5, 5.41) is 6.31. The first-order chi connectivity index (χ1) is 16.4. The molecule has 9 nitrogen and oxygen atoms in total. The lowest BCUT2D eigenvalue weighted by atomic mass is 10.2. The second-order valence-corrected chi connectivity index (χ2v) is 10.9. The molecule has 34 heavy (non-hydrogen) atoms. The number of aryl methyl sites for hydroxylation is 1. The second kappa shape index (κ2) is 10.6. The van der Waals surface area contributed by atoms with Gasteiger partial charge in [-0.25, -0.2) is 18.4 Å². The van der Waals surface area contributed by atoms with Crippen LogP contribution in [0.2, 0.25) is 0 Å². The maximum Gasteiger partial charge on any atom is 0.256 e. The Morgan fingerprint density at radius 3 is 2.91 bits per heavy atom. The topological polar surface area (TPSA) is 115 Å². The third kappa shape index (κ3) is 5.62. The Kier molecular flexibility index (Phi) is 7.59. The summed E-state index contributed by atoms with van der Waals surface area (Å²) >= 11 is 0.877. The molecule has 0 radical (unpaired) electrons. The van der Waals surface area contributed by atoms with Crippen molar-refractivity contribution >= 4 is 32.1 Å². The number of rotatable bonds is 10. The molecule has 1 saturated heterocycles. The molecule has 2 aromatic heterocycles. The van der Waals surface area contributed by atoms with Crippen LogP contribution in [-0.2, 0) is 9.84 Å². The maximum atomic E-state index is 15.0. The van der Waals surface area contributed by atoms with E-state index in [1.807, 2.05) is 6.92 Å². The summed E-state index contributed by atoms with van der Waals surface area (Å²) in [6.07, 6.45) is 4.19. The molecule has 1 aliphatic rings. The van der Waals surface area contributed by atoms with Gasteiger partial charge < -0.3 is 20.1 Å². The van der Waals surface area contributed by atoms with Crippen molar-refractivity contribution in [2.24, 2.45) is 0 Å². The van der Waals surface area contributed by atoms with Gasteiger partial charge in [0.25, 0.3) is 5.88 Å². The number of nitrogens with one attached hydrogen (secondary N) is 2. The number of hydrogen-bond acceptors (Lipinski definition) is 10. The van der Waals surface area contributed by atoms with Crippen molar-refractivity contribution in [2.45, 2.75) is 48.3 Å². The number of aromatic nitrogens is 3. The molecule has 182 valence electrons. The molecule has 2 N–H and O–H groups in total. The fourth-order valence-corrected chi connectivity index (χ4v) is 6.04. The monoisotopic (exact) mass is 507 g/mol. The number of benzene rings is 1. The van der Waals surface area contributed by atoms with Crippen LogP contribution in [0, 0.1) is 12.7 Å². The minimum Gasteiger partial charge on any atom is -0.494 e. The Hall–Kier alpha value is -2.83. The van der Waals surface area contributed by atoms with Crippen LogP contribution in [0.15, 0.2) is 39.6 Å². The molecule has 3 aromatic rings. The maximum absolute atomic E-state index is 15.0. The molecule has 0 saturated carbocycles. The zero-order chi connectivity index (χ0) is 24.1. The molecule has 1 unspecified atom stereocenters. The SMILES string of the molecule is CCOc1cccc(S(=O)(=O)c2cnc(Nc3nc(C)nc(OCCC4CCCN4)c3F)s2)c1. The van der Waals surface area contributed by atoms with Crippen molar-refractivity contribution in [2.75, 3.05) is 25.1 Å². The van der Waals surface area contributed by atoms with E-state index in [4.69, 9.17) is 9.47 Å². The number of anilines is 2. The first kappa shape index (κ1) is 24.3. The lowest BCUT2D eigenvalue weighted by Crippen LogP contribution is -2.23. The third-order valence-electron chi connectivity index (χ3n) is 5.20. The van der Waals surface area contributed by atoms with Crippen LogP contribution in [0.1, 0.15) is 32.0 Å². The van der Waals surface area contributed by atoms with Gasteiger partial charge in [-0.3, -0.25) is 0 Å². The molecule has 1 atom stereocenters. The predicted octanol–water partition coefficient (Wildman–Crippen LogP) is 3.88. The summed E-state index contributed by atoms with van der Waals surface area (Å²) in [5.41, 5.74) is 0. The van der Waals surface area contributed by atoms with E-state index in [-0.39, 0.29) is 25.9 Å². The van der Waals surface area contributed by atoms with Gasteiger partial charge >= 0.3 is 0 Å². The molecule has 1 aromatic carbocycles. The van der Waals surface area contributed by atoms with Gasteiger partial charge in [0.15, 0.2) is 10.9 Å². The third-order valence-corrected chi connectivity index (χ3v) is 8.33. The van der Waals surface area contributed by atoms with Gasteiger partial charge in [-0.1, -0.05) is 17.4 Å². The Morgan fingerprint density at radius 2 is 2.15 bits per heavy atom. The first-order valence-electron chi connectivity index (χ1n) is 11.0. The number of ether oxygens (including phenoxy) is 2. The molecule has 0 amide bonds. The summed E-state index contributed by atoms with van der Waals surface area (Å²) in [5.74, 6) is -0.256. The summed E-state index contributed by atoms with van der Waals surface area (Å²) in [4.78, 5) is 12.3. The zero-order valence-electron chi connectivity index (χ0n) is 18.9. The molecule has 0 bridgehead atoms. The molecule has 0 spiro atoms. The van der Waals surface area contributed by atoms with Crippen LogP contribution in [0.5, 0.6) is 11.6 Å². The van der Waals surface area contributed by atoms with Gasteiger partial charge in [-0.15, -0.1) is 0 Å². The van der Waals surface area contributed by atoms with E-state index in [2.05, 4.69) is 25.6 Å².